The molecule has 4 heteroatoms. The summed E-state index contributed by atoms with van der Waals surface area (Å²) >= 11 is 0. The quantitative estimate of drug-likeness (QED) is 0.832. The molecule has 2 saturated carbocycles. The molecule has 3 rings (SSSR count). The highest BCUT2D eigenvalue weighted by Crippen LogP contribution is 2.43. The van der Waals surface area contributed by atoms with Gasteiger partial charge in [-0.2, -0.15) is 0 Å². The predicted molar refractivity (Wildman–Crippen MR) is 106 cm³/mol. The summed E-state index contributed by atoms with van der Waals surface area (Å²) < 4.78 is 0. The van der Waals surface area contributed by atoms with Gasteiger partial charge in [-0.05, 0) is 89.9 Å². The maximum Gasteiger partial charge on any atom is 0.408 e. The maximum absolute atomic E-state index is 12.0. The number of rotatable bonds is 4. The summed E-state index contributed by atoms with van der Waals surface area (Å²) in [5.74, 6) is 1.30. The van der Waals surface area contributed by atoms with E-state index >= 15 is 0 Å². The van der Waals surface area contributed by atoms with Gasteiger partial charge in [-0.1, -0.05) is 24.3 Å². The number of amides is 1. The number of benzene rings is 1. The Hall–Kier alpha value is -1.55. The van der Waals surface area contributed by atoms with Crippen molar-refractivity contribution in [2.45, 2.75) is 82.3 Å². The Morgan fingerprint density at radius 2 is 1.58 bits per heavy atom. The van der Waals surface area contributed by atoms with Crippen LogP contribution in [0.1, 0.15) is 75.8 Å². The molecule has 1 unspecified atom stereocenters. The maximum atomic E-state index is 12.0. The molecule has 0 spiro atoms. The molecular formula is C22H34N2O2. The van der Waals surface area contributed by atoms with Crippen molar-refractivity contribution in [3.63, 3.8) is 0 Å². The van der Waals surface area contributed by atoms with E-state index in [1.807, 2.05) is 20.8 Å². The molecule has 0 saturated heterocycles. The van der Waals surface area contributed by atoms with Crippen LogP contribution >= 0.6 is 0 Å². The van der Waals surface area contributed by atoms with Gasteiger partial charge in [-0.3, -0.25) is 4.90 Å². The summed E-state index contributed by atoms with van der Waals surface area (Å²) in [6.07, 6.45) is 4.86. The zero-order valence-electron chi connectivity index (χ0n) is 16.9. The second-order valence-corrected chi connectivity index (χ2v) is 9.38. The number of carboxylic acid groups (broad SMARTS) is 1. The monoisotopic (exact) mass is 358 g/mol. The van der Waals surface area contributed by atoms with Crippen molar-refractivity contribution >= 4 is 6.09 Å². The fourth-order valence-electron chi connectivity index (χ4n) is 4.70. The fourth-order valence-corrected chi connectivity index (χ4v) is 4.70. The molecule has 0 aliphatic heterocycles. The van der Waals surface area contributed by atoms with E-state index in [2.05, 4.69) is 43.3 Å². The van der Waals surface area contributed by atoms with Crippen LogP contribution in [-0.2, 0) is 0 Å². The Morgan fingerprint density at radius 1 is 1.00 bits per heavy atom. The van der Waals surface area contributed by atoms with Crippen LogP contribution in [0.4, 0.5) is 4.79 Å². The normalized spacial score (nSPS) is 26.8. The van der Waals surface area contributed by atoms with Gasteiger partial charge in [-0.15, -0.1) is 0 Å². The van der Waals surface area contributed by atoms with Crippen LogP contribution in [-0.4, -0.2) is 52.7 Å². The van der Waals surface area contributed by atoms with Crippen molar-refractivity contribution in [1.29, 1.82) is 0 Å². The van der Waals surface area contributed by atoms with Crippen LogP contribution in [0.25, 0.3) is 0 Å². The number of nitrogens with zero attached hydrogens (tertiary/aromatic N) is 2. The molecule has 0 bridgehead atoms. The first-order chi connectivity index (χ1) is 12.2. The summed E-state index contributed by atoms with van der Waals surface area (Å²) in [5, 5.41) is 9.86. The molecule has 144 valence electrons. The van der Waals surface area contributed by atoms with Gasteiger partial charge in [0.05, 0.1) is 6.04 Å². The van der Waals surface area contributed by atoms with Crippen molar-refractivity contribution in [2.75, 3.05) is 14.1 Å². The summed E-state index contributed by atoms with van der Waals surface area (Å²) in [4.78, 5) is 15.9. The molecule has 1 N–H and O–H groups in total. The minimum atomic E-state index is -0.802. The first kappa shape index (κ1) is 19.2. The molecule has 1 aromatic rings. The Balaban J connectivity index is 1.81. The molecule has 26 heavy (non-hydrogen) atoms. The van der Waals surface area contributed by atoms with Gasteiger partial charge in [0.25, 0.3) is 0 Å². The molecular weight excluding hydrogens is 324 g/mol. The second-order valence-electron chi connectivity index (χ2n) is 9.38. The molecule has 2 fully saturated rings. The minimum Gasteiger partial charge on any atom is -0.465 e. The summed E-state index contributed by atoms with van der Waals surface area (Å²) in [6.45, 7) is 6.00. The third-order valence-electron chi connectivity index (χ3n) is 6.14. The van der Waals surface area contributed by atoms with Gasteiger partial charge in [0.2, 0.25) is 0 Å². The Kier molecular flexibility index (Phi) is 5.34. The van der Waals surface area contributed by atoms with Gasteiger partial charge >= 0.3 is 6.09 Å². The van der Waals surface area contributed by atoms with Crippen LogP contribution < -0.4 is 0 Å². The predicted octanol–water partition coefficient (Wildman–Crippen LogP) is 4.91. The standard InChI is InChI=1S/C22H34N2O2/c1-22(2,3)24(21(25)26)19-12-11-18(14-20(19)23(4)5)17-8-6-7-16(13-17)15-9-10-15/h6-8,13,15,18-20H,9-12,14H2,1-5H3,(H,25,26)/t18?,19-,20-/m0/s1. The van der Waals surface area contributed by atoms with E-state index in [9.17, 15) is 9.90 Å². The Morgan fingerprint density at radius 3 is 2.08 bits per heavy atom. The zero-order valence-corrected chi connectivity index (χ0v) is 16.9. The van der Waals surface area contributed by atoms with Gasteiger partial charge in [0, 0.05) is 11.6 Å². The molecule has 1 amide bonds. The van der Waals surface area contributed by atoms with Crippen LogP contribution in [0.2, 0.25) is 0 Å². The number of hydrogen-bond donors (Lipinski definition) is 1. The lowest BCUT2D eigenvalue weighted by Crippen LogP contribution is -2.59. The highest BCUT2D eigenvalue weighted by Gasteiger charge is 2.42. The van der Waals surface area contributed by atoms with Crippen LogP contribution in [0.15, 0.2) is 24.3 Å². The molecule has 0 radical (unpaired) electrons. The lowest BCUT2D eigenvalue weighted by molar-refractivity contribution is 0.0169. The molecule has 1 aromatic carbocycles. The summed E-state index contributed by atoms with van der Waals surface area (Å²) in [6, 6.07) is 9.44. The topological polar surface area (TPSA) is 43.8 Å². The van der Waals surface area contributed by atoms with E-state index in [4.69, 9.17) is 0 Å². The summed E-state index contributed by atoms with van der Waals surface area (Å²) in [5.41, 5.74) is 2.55. The molecule has 0 aromatic heterocycles. The average Bonchev–Trinajstić information content (AvgIpc) is 3.38. The van der Waals surface area contributed by atoms with Crippen molar-refractivity contribution in [3.05, 3.63) is 35.4 Å². The number of carbonyl (C=O) groups is 1. The Labute approximate surface area is 158 Å². The molecule has 4 nitrogen and oxygen atoms in total. The lowest BCUT2D eigenvalue weighted by atomic mass is 9.76. The summed E-state index contributed by atoms with van der Waals surface area (Å²) in [7, 11) is 4.17. The van der Waals surface area contributed by atoms with Crippen molar-refractivity contribution in [1.82, 2.24) is 9.80 Å². The van der Waals surface area contributed by atoms with Gasteiger partial charge in [-0.25, -0.2) is 4.79 Å². The molecule has 2 aliphatic carbocycles. The lowest BCUT2D eigenvalue weighted by Gasteiger charge is -2.48. The third kappa shape index (κ3) is 4.06. The van der Waals surface area contributed by atoms with E-state index in [-0.39, 0.29) is 17.6 Å². The van der Waals surface area contributed by atoms with Crippen LogP contribution in [0.5, 0.6) is 0 Å². The van der Waals surface area contributed by atoms with E-state index < -0.39 is 6.09 Å². The van der Waals surface area contributed by atoms with E-state index in [1.165, 1.54) is 24.0 Å². The zero-order chi connectivity index (χ0) is 19.1. The van der Waals surface area contributed by atoms with E-state index in [0.717, 1.165) is 25.2 Å². The average molecular weight is 359 g/mol. The minimum absolute atomic E-state index is 0.0466. The van der Waals surface area contributed by atoms with E-state index in [1.54, 1.807) is 4.90 Å². The Bertz CT molecular complexity index is 646. The smallest absolute Gasteiger partial charge is 0.408 e. The van der Waals surface area contributed by atoms with Crippen molar-refractivity contribution < 1.29 is 9.90 Å². The highest BCUT2D eigenvalue weighted by atomic mass is 16.4. The molecule has 0 heterocycles. The van der Waals surface area contributed by atoms with Gasteiger partial charge in [0.15, 0.2) is 0 Å². The third-order valence-corrected chi connectivity index (χ3v) is 6.14. The van der Waals surface area contributed by atoms with Crippen molar-refractivity contribution in [3.8, 4) is 0 Å². The molecule has 3 atom stereocenters. The highest BCUT2D eigenvalue weighted by molar-refractivity contribution is 5.66. The van der Waals surface area contributed by atoms with Gasteiger partial charge < -0.3 is 10.0 Å². The second kappa shape index (κ2) is 7.22. The number of hydrogen-bond acceptors (Lipinski definition) is 2. The molecule has 2 aliphatic rings. The number of likely N-dealkylation sites (N-methyl/N-ethyl adjacent to an activating group) is 1. The first-order valence-electron chi connectivity index (χ1n) is 9.97. The SMILES string of the molecule is CN(C)[C@H]1CC(c2cccc(C3CC3)c2)CC[C@@H]1N(C(=O)O)C(C)(C)C. The van der Waals surface area contributed by atoms with Gasteiger partial charge in [0.1, 0.15) is 0 Å². The first-order valence-corrected chi connectivity index (χ1v) is 9.97. The van der Waals surface area contributed by atoms with Crippen LogP contribution in [0.3, 0.4) is 0 Å². The van der Waals surface area contributed by atoms with E-state index in [0.29, 0.717) is 5.92 Å². The largest absolute Gasteiger partial charge is 0.465 e. The fraction of sp³-hybridized carbons (Fsp3) is 0.682. The van der Waals surface area contributed by atoms with Crippen LogP contribution in [0, 0.1) is 0 Å². The van der Waals surface area contributed by atoms with Crippen molar-refractivity contribution in [2.24, 2.45) is 0 Å².